The molecule has 0 N–H and O–H groups in total. The summed E-state index contributed by atoms with van der Waals surface area (Å²) in [7, 11) is 0. The lowest BCUT2D eigenvalue weighted by Crippen LogP contribution is -2.17. The van der Waals surface area contributed by atoms with Gasteiger partial charge in [0.2, 0.25) is 0 Å². The molecule has 78 heavy (non-hydrogen) atoms. The number of fused-ring (bicyclic) bond motifs is 7. The Morgan fingerprint density at radius 3 is 1.37 bits per heavy atom. The second kappa shape index (κ2) is 18.8. The predicted octanol–water partition coefficient (Wildman–Crippen LogP) is 19.3. The topological polar surface area (TPSA) is 69.4 Å². The van der Waals surface area contributed by atoms with Crippen LogP contribution in [0, 0.1) is 0 Å². The number of hydrogen-bond donors (Lipinski definition) is 0. The van der Waals surface area contributed by atoms with E-state index in [-0.39, 0.29) is 21.7 Å². The number of rotatable bonds is 7. The van der Waals surface area contributed by atoms with E-state index in [1.165, 1.54) is 53.2 Å². The van der Waals surface area contributed by atoms with Crippen molar-refractivity contribution in [1.82, 2.24) is 29.5 Å². The standard InChI is InChI=1S/C71H66N6S/c1-68(2,3)48-35-46(36-49(40-48)69(4,5)6)66-74-65(75-67(76-66)47-37-50(70(7,8)9)41-51(38-47)71(10,11)12)45-31-33-59(55(39-45)57-42-56(43-23-15-13-16-24-43)72-64(73-57)44-25-17-14-18-26-44)77-58-29-21-19-28-54(58)62-60(77)34-32-53-52-27-20-22-30-61(52)78-63(53)62/h13-42H,1-12H3. The van der Waals surface area contributed by atoms with Gasteiger partial charge in [0.1, 0.15) is 0 Å². The normalized spacial score (nSPS) is 12.6. The molecule has 0 aliphatic carbocycles. The van der Waals surface area contributed by atoms with Gasteiger partial charge in [0.25, 0.3) is 0 Å². The highest BCUT2D eigenvalue weighted by Gasteiger charge is 2.27. The SMILES string of the molecule is CC(C)(C)c1cc(-c2nc(-c3cc(C(C)(C)C)cc(C(C)(C)C)c3)nc(-c3ccc(-n4c5ccccc5c5c6sc7ccccc7c6ccc54)c(-c4cc(-c5ccccc5)nc(-c5ccccc5)n4)c3)n2)cc(C(C)(C)C)c1. The van der Waals surface area contributed by atoms with Crippen LogP contribution in [0.2, 0.25) is 0 Å². The predicted molar refractivity (Wildman–Crippen MR) is 330 cm³/mol. The second-order valence-corrected chi connectivity index (χ2v) is 26.2. The maximum absolute atomic E-state index is 5.54. The lowest BCUT2D eigenvalue weighted by atomic mass is 9.79. The summed E-state index contributed by atoms with van der Waals surface area (Å²) in [6.07, 6.45) is 0. The van der Waals surface area contributed by atoms with E-state index >= 15 is 0 Å². The molecule has 0 unspecified atom stereocenters. The van der Waals surface area contributed by atoms with E-state index in [1.807, 2.05) is 35.6 Å². The number of nitrogens with zero attached hydrogens (tertiary/aromatic N) is 6. The third-order valence-corrected chi connectivity index (χ3v) is 16.5. The van der Waals surface area contributed by atoms with Crippen molar-refractivity contribution in [2.24, 2.45) is 0 Å². The van der Waals surface area contributed by atoms with Gasteiger partial charge in [-0.05, 0) is 111 Å². The molecule has 0 radical (unpaired) electrons. The molecule has 0 bridgehead atoms. The lowest BCUT2D eigenvalue weighted by Gasteiger charge is -2.26. The number of benzene rings is 8. The molecule has 0 saturated carbocycles. The van der Waals surface area contributed by atoms with Crippen LogP contribution in [0.3, 0.4) is 0 Å². The van der Waals surface area contributed by atoms with Crippen LogP contribution in [-0.2, 0) is 21.7 Å². The zero-order valence-electron chi connectivity index (χ0n) is 46.9. The van der Waals surface area contributed by atoms with Crippen LogP contribution in [0.4, 0.5) is 0 Å². The molecular formula is C71H66N6S. The van der Waals surface area contributed by atoms with Crippen LogP contribution in [0.15, 0.2) is 182 Å². The molecule has 7 heteroatoms. The molecule has 12 aromatic rings. The van der Waals surface area contributed by atoms with Crippen LogP contribution >= 0.6 is 11.3 Å². The van der Waals surface area contributed by atoms with Crippen LogP contribution < -0.4 is 0 Å². The van der Waals surface area contributed by atoms with Crippen LogP contribution in [0.25, 0.3) is 116 Å². The molecule has 0 aliphatic rings. The van der Waals surface area contributed by atoms with Crippen molar-refractivity contribution in [2.45, 2.75) is 105 Å². The quantitative estimate of drug-likeness (QED) is 0.159. The fourth-order valence-corrected chi connectivity index (χ4v) is 11.9. The average molecular weight is 1040 g/mol. The van der Waals surface area contributed by atoms with E-state index in [1.54, 1.807) is 0 Å². The number of thiophene rings is 1. The molecular weight excluding hydrogens is 969 g/mol. The van der Waals surface area contributed by atoms with E-state index in [4.69, 9.17) is 24.9 Å². The van der Waals surface area contributed by atoms with Gasteiger partial charge in [0, 0.05) is 64.3 Å². The molecule has 0 amide bonds. The molecule has 386 valence electrons. The van der Waals surface area contributed by atoms with Crippen molar-refractivity contribution in [3.8, 4) is 73.8 Å². The Bertz CT molecular complexity index is 4070. The summed E-state index contributed by atoms with van der Waals surface area (Å²) in [5.74, 6) is 2.48. The monoisotopic (exact) mass is 1030 g/mol. The van der Waals surface area contributed by atoms with Gasteiger partial charge in [-0.1, -0.05) is 198 Å². The van der Waals surface area contributed by atoms with E-state index in [0.29, 0.717) is 23.3 Å². The molecule has 8 aromatic carbocycles. The van der Waals surface area contributed by atoms with Crippen molar-refractivity contribution < 1.29 is 0 Å². The third kappa shape index (κ3) is 9.38. The first kappa shape index (κ1) is 50.7. The summed E-state index contributed by atoms with van der Waals surface area (Å²) >= 11 is 1.86. The summed E-state index contributed by atoms with van der Waals surface area (Å²) in [4.78, 5) is 27.4. The summed E-state index contributed by atoms with van der Waals surface area (Å²) in [5.41, 5.74) is 14.9. The average Bonchev–Trinajstić information content (AvgIpc) is 4.07. The first-order valence-corrected chi connectivity index (χ1v) is 28.0. The van der Waals surface area contributed by atoms with Gasteiger partial charge >= 0.3 is 0 Å². The highest BCUT2D eigenvalue weighted by Crippen LogP contribution is 2.46. The first-order chi connectivity index (χ1) is 37.2. The van der Waals surface area contributed by atoms with Gasteiger partial charge < -0.3 is 4.57 Å². The Morgan fingerprint density at radius 2 is 0.808 bits per heavy atom. The molecule has 4 heterocycles. The fraction of sp³-hybridized carbons (Fsp3) is 0.225. The van der Waals surface area contributed by atoms with E-state index in [2.05, 4.69) is 245 Å². The Morgan fingerprint density at radius 1 is 0.333 bits per heavy atom. The van der Waals surface area contributed by atoms with Gasteiger partial charge in [0.15, 0.2) is 23.3 Å². The van der Waals surface area contributed by atoms with Gasteiger partial charge in [-0.15, -0.1) is 11.3 Å². The van der Waals surface area contributed by atoms with Crippen molar-refractivity contribution >= 4 is 53.3 Å². The van der Waals surface area contributed by atoms with E-state index < -0.39 is 0 Å². The van der Waals surface area contributed by atoms with Crippen LogP contribution in [0.5, 0.6) is 0 Å². The largest absolute Gasteiger partial charge is 0.309 e. The molecule has 0 fully saturated rings. The minimum absolute atomic E-state index is 0.119. The summed E-state index contributed by atoms with van der Waals surface area (Å²) in [6, 6.07) is 65.6. The minimum atomic E-state index is -0.119. The summed E-state index contributed by atoms with van der Waals surface area (Å²) in [6.45, 7) is 27.3. The van der Waals surface area contributed by atoms with Gasteiger partial charge in [-0.25, -0.2) is 24.9 Å². The Labute approximate surface area is 463 Å². The molecule has 0 atom stereocenters. The zero-order valence-corrected chi connectivity index (χ0v) is 47.7. The van der Waals surface area contributed by atoms with Crippen molar-refractivity contribution in [1.29, 1.82) is 0 Å². The molecule has 4 aromatic heterocycles. The summed E-state index contributed by atoms with van der Waals surface area (Å²) in [5, 5.41) is 4.98. The maximum atomic E-state index is 5.54. The number of aromatic nitrogens is 6. The van der Waals surface area contributed by atoms with Gasteiger partial charge in [-0.2, -0.15) is 0 Å². The van der Waals surface area contributed by atoms with E-state index in [9.17, 15) is 0 Å². The smallest absolute Gasteiger partial charge is 0.164 e. The van der Waals surface area contributed by atoms with E-state index in [0.717, 1.165) is 61.5 Å². The zero-order chi connectivity index (χ0) is 54.5. The molecule has 12 rings (SSSR count). The van der Waals surface area contributed by atoms with Gasteiger partial charge in [-0.3, -0.25) is 0 Å². The van der Waals surface area contributed by atoms with Gasteiger partial charge in [0.05, 0.1) is 28.1 Å². The molecule has 0 aliphatic heterocycles. The lowest BCUT2D eigenvalue weighted by molar-refractivity contribution is 0.568. The highest BCUT2D eigenvalue weighted by molar-refractivity contribution is 7.26. The van der Waals surface area contributed by atoms with Crippen LogP contribution in [0.1, 0.15) is 105 Å². The summed E-state index contributed by atoms with van der Waals surface area (Å²) < 4.78 is 4.99. The first-order valence-electron chi connectivity index (χ1n) is 27.2. The Hall–Kier alpha value is -8.13. The van der Waals surface area contributed by atoms with Crippen LogP contribution in [-0.4, -0.2) is 29.5 Å². The maximum Gasteiger partial charge on any atom is 0.164 e. The minimum Gasteiger partial charge on any atom is -0.309 e. The van der Waals surface area contributed by atoms with Crippen molar-refractivity contribution in [3.63, 3.8) is 0 Å². The fourth-order valence-electron chi connectivity index (χ4n) is 10.6. The third-order valence-electron chi connectivity index (χ3n) is 15.3. The second-order valence-electron chi connectivity index (χ2n) is 25.1. The number of para-hydroxylation sites is 1. The number of hydrogen-bond acceptors (Lipinski definition) is 6. The molecule has 0 spiro atoms. The van der Waals surface area contributed by atoms with Crippen molar-refractivity contribution in [2.75, 3.05) is 0 Å². The Balaban J connectivity index is 1.18. The molecule has 0 saturated heterocycles. The highest BCUT2D eigenvalue weighted by atomic mass is 32.1. The van der Waals surface area contributed by atoms with Crippen molar-refractivity contribution in [3.05, 3.63) is 204 Å². The Kier molecular flexibility index (Phi) is 12.2. The molecule has 6 nitrogen and oxygen atoms in total.